The van der Waals surface area contributed by atoms with E-state index in [1.165, 1.54) is 6.42 Å². The Bertz CT molecular complexity index is 1050. The first-order valence-corrected chi connectivity index (χ1v) is 13.1. The zero-order valence-electron chi connectivity index (χ0n) is 21.5. The Hall–Kier alpha value is -2.80. The number of likely N-dealkylation sites (tertiary alicyclic amines) is 1. The van der Waals surface area contributed by atoms with Crippen LogP contribution in [0.4, 0.5) is 0 Å². The number of amides is 2. The number of hydrogen-bond acceptors (Lipinski definition) is 5. The van der Waals surface area contributed by atoms with Gasteiger partial charge in [0.05, 0.1) is 23.5 Å². The molecule has 7 heteroatoms. The molecule has 2 heterocycles. The second-order valence-corrected chi connectivity index (χ2v) is 10.1. The molecule has 35 heavy (non-hydrogen) atoms. The molecule has 188 valence electrons. The average molecular weight is 478 g/mol. The SMILES string of the molecule is CN[C@@H](C)C(=O)N[C@H](C(=O)N1CCC[C@H]1c1cc(-c2ccccc2C)nc(C)n1)C1CCCCC1. The van der Waals surface area contributed by atoms with Crippen LogP contribution >= 0.6 is 0 Å². The standard InChI is InChI=1S/C28H39N5O2/c1-18-11-8-9-14-22(18)23-17-24(31-20(3)30-23)25-15-10-16-33(25)28(35)26(21-12-6-5-7-13-21)32-27(34)19(2)29-4/h8-9,11,14,17,19,21,25-26,29H,5-7,10,12-13,15-16H2,1-4H3,(H,32,34)/t19-,25-,26-/m0/s1. The van der Waals surface area contributed by atoms with Crippen LogP contribution in [0.15, 0.2) is 30.3 Å². The fourth-order valence-corrected chi connectivity index (χ4v) is 5.53. The van der Waals surface area contributed by atoms with Gasteiger partial charge in [0.25, 0.3) is 0 Å². The highest BCUT2D eigenvalue weighted by Gasteiger charge is 2.39. The van der Waals surface area contributed by atoms with Crippen LogP contribution in [0.2, 0.25) is 0 Å². The Morgan fingerprint density at radius 3 is 2.49 bits per heavy atom. The van der Waals surface area contributed by atoms with E-state index in [1.54, 1.807) is 7.05 Å². The smallest absolute Gasteiger partial charge is 0.246 e. The van der Waals surface area contributed by atoms with Gasteiger partial charge in [0, 0.05) is 12.1 Å². The minimum absolute atomic E-state index is 0.0322. The Kier molecular flexibility index (Phi) is 8.16. The van der Waals surface area contributed by atoms with Gasteiger partial charge in [-0.25, -0.2) is 9.97 Å². The molecular weight excluding hydrogens is 438 g/mol. The van der Waals surface area contributed by atoms with Crippen molar-refractivity contribution in [2.24, 2.45) is 5.92 Å². The van der Waals surface area contributed by atoms with Gasteiger partial charge in [0.2, 0.25) is 11.8 Å². The monoisotopic (exact) mass is 477 g/mol. The zero-order chi connectivity index (χ0) is 24.9. The lowest BCUT2D eigenvalue weighted by Gasteiger charge is -2.35. The fourth-order valence-electron chi connectivity index (χ4n) is 5.53. The molecule has 2 aliphatic rings. The van der Waals surface area contributed by atoms with Crippen molar-refractivity contribution in [3.63, 3.8) is 0 Å². The lowest BCUT2D eigenvalue weighted by atomic mass is 9.83. The molecule has 3 atom stereocenters. The molecule has 1 saturated heterocycles. The first-order valence-electron chi connectivity index (χ1n) is 13.1. The third-order valence-electron chi connectivity index (χ3n) is 7.67. The number of likely N-dealkylation sites (N-methyl/N-ethyl adjacent to an activating group) is 1. The molecule has 7 nitrogen and oxygen atoms in total. The summed E-state index contributed by atoms with van der Waals surface area (Å²) in [6, 6.07) is 9.33. The first-order chi connectivity index (χ1) is 16.9. The molecule has 0 spiro atoms. The van der Waals surface area contributed by atoms with Crippen LogP contribution in [0.1, 0.15) is 75.0 Å². The largest absolute Gasteiger partial charge is 0.343 e. The van der Waals surface area contributed by atoms with E-state index in [9.17, 15) is 9.59 Å². The van der Waals surface area contributed by atoms with Crippen molar-refractivity contribution in [2.75, 3.05) is 13.6 Å². The van der Waals surface area contributed by atoms with Gasteiger partial charge >= 0.3 is 0 Å². The van der Waals surface area contributed by atoms with Crippen LogP contribution in [0.5, 0.6) is 0 Å². The van der Waals surface area contributed by atoms with Crippen molar-refractivity contribution in [2.45, 2.75) is 83.8 Å². The van der Waals surface area contributed by atoms with E-state index in [4.69, 9.17) is 9.97 Å². The number of rotatable bonds is 7. The van der Waals surface area contributed by atoms with Gasteiger partial charge in [0.15, 0.2) is 0 Å². The Balaban J connectivity index is 1.62. The maximum absolute atomic E-state index is 14.0. The third kappa shape index (κ3) is 5.72. The summed E-state index contributed by atoms with van der Waals surface area (Å²) in [5.74, 6) is 0.803. The Labute approximate surface area is 209 Å². The number of aromatic nitrogens is 2. The van der Waals surface area contributed by atoms with Gasteiger partial charge in [-0.3, -0.25) is 9.59 Å². The molecule has 2 aromatic rings. The first kappa shape index (κ1) is 25.3. The number of carbonyl (C=O) groups excluding carboxylic acids is 2. The Morgan fingerprint density at radius 2 is 1.77 bits per heavy atom. The highest BCUT2D eigenvalue weighted by atomic mass is 16.2. The third-order valence-corrected chi connectivity index (χ3v) is 7.67. The molecule has 2 amide bonds. The highest BCUT2D eigenvalue weighted by molar-refractivity contribution is 5.90. The quantitative estimate of drug-likeness (QED) is 0.627. The van der Waals surface area contributed by atoms with Gasteiger partial charge in [-0.1, -0.05) is 43.5 Å². The summed E-state index contributed by atoms with van der Waals surface area (Å²) in [5.41, 5.74) is 4.03. The molecule has 1 aliphatic carbocycles. The van der Waals surface area contributed by atoms with Crippen LogP contribution in [0.3, 0.4) is 0 Å². The lowest BCUT2D eigenvalue weighted by Crippen LogP contribution is -2.55. The lowest BCUT2D eigenvalue weighted by molar-refractivity contribution is -0.139. The zero-order valence-corrected chi connectivity index (χ0v) is 21.5. The van der Waals surface area contributed by atoms with Crippen molar-refractivity contribution in [1.29, 1.82) is 0 Å². The summed E-state index contributed by atoms with van der Waals surface area (Å²) >= 11 is 0. The van der Waals surface area contributed by atoms with E-state index in [0.29, 0.717) is 12.4 Å². The number of benzene rings is 1. The van der Waals surface area contributed by atoms with Crippen molar-refractivity contribution in [3.8, 4) is 11.3 Å². The maximum Gasteiger partial charge on any atom is 0.246 e. The second kappa shape index (κ2) is 11.3. The maximum atomic E-state index is 14.0. The van der Waals surface area contributed by atoms with E-state index in [2.05, 4.69) is 29.7 Å². The molecule has 1 aromatic carbocycles. The minimum Gasteiger partial charge on any atom is -0.343 e. The summed E-state index contributed by atoms with van der Waals surface area (Å²) in [6.45, 7) is 6.51. The summed E-state index contributed by atoms with van der Waals surface area (Å²) in [4.78, 5) is 38.3. The summed E-state index contributed by atoms with van der Waals surface area (Å²) in [7, 11) is 1.77. The molecule has 1 aliphatic heterocycles. The van der Waals surface area contributed by atoms with Crippen molar-refractivity contribution >= 4 is 11.8 Å². The molecule has 1 aromatic heterocycles. The fraction of sp³-hybridized carbons (Fsp3) is 0.571. The molecule has 2 fully saturated rings. The molecule has 2 N–H and O–H groups in total. The van der Waals surface area contributed by atoms with Crippen molar-refractivity contribution < 1.29 is 9.59 Å². The number of nitrogens with zero attached hydrogens (tertiary/aromatic N) is 3. The van der Waals surface area contributed by atoms with Crippen LogP contribution < -0.4 is 10.6 Å². The molecule has 0 bridgehead atoms. The van der Waals surface area contributed by atoms with Crippen molar-refractivity contribution in [3.05, 3.63) is 47.4 Å². The average Bonchev–Trinajstić information content (AvgIpc) is 3.37. The minimum atomic E-state index is -0.488. The van der Waals surface area contributed by atoms with E-state index in [0.717, 1.165) is 61.0 Å². The normalized spacial score (nSPS) is 20.5. The summed E-state index contributed by atoms with van der Waals surface area (Å²) < 4.78 is 0. The van der Waals surface area contributed by atoms with Gasteiger partial charge in [-0.05, 0) is 71.0 Å². The van der Waals surface area contributed by atoms with Crippen LogP contribution in [-0.2, 0) is 9.59 Å². The number of hydrogen-bond donors (Lipinski definition) is 2. The highest BCUT2D eigenvalue weighted by Crippen LogP contribution is 2.35. The molecule has 0 radical (unpaired) electrons. The van der Waals surface area contributed by atoms with Gasteiger partial charge < -0.3 is 15.5 Å². The van der Waals surface area contributed by atoms with Gasteiger partial charge in [-0.2, -0.15) is 0 Å². The van der Waals surface area contributed by atoms with E-state index in [-0.39, 0.29) is 29.8 Å². The molecule has 0 unspecified atom stereocenters. The predicted octanol–water partition coefficient (Wildman–Crippen LogP) is 4.10. The second-order valence-electron chi connectivity index (χ2n) is 10.1. The van der Waals surface area contributed by atoms with E-state index >= 15 is 0 Å². The summed E-state index contributed by atoms with van der Waals surface area (Å²) in [5, 5.41) is 6.11. The van der Waals surface area contributed by atoms with Crippen LogP contribution in [-0.4, -0.2) is 52.4 Å². The molecule has 1 saturated carbocycles. The molecule has 4 rings (SSSR count). The topological polar surface area (TPSA) is 87.2 Å². The van der Waals surface area contributed by atoms with Gasteiger partial charge in [-0.15, -0.1) is 0 Å². The van der Waals surface area contributed by atoms with Gasteiger partial charge in [0.1, 0.15) is 11.9 Å². The van der Waals surface area contributed by atoms with Crippen LogP contribution in [0.25, 0.3) is 11.3 Å². The Morgan fingerprint density at radius 1 is 1.03 bits per heavy atom. The molecular formula is C28H39N5O2. The number of carbonyl (C=O) groups is 2. The van der Waals surface area contributed by atoms with E-state index in [1.807, 2.05) is 36.9 Å². The van der Waals surface area contributed by atoms with Crippen LogP contribution in [0, 0.1) is 19.8 Å². The van der Waals surface area contributed by atoms with Crippen molar-refractivity contribution in [1.82, 2.24) is 25.5 Å². The van der Waals surface area contributed by atoms with E-state index < -0.39 is 6.04 Å². The number of aryl methyl sites for hydroxylation is 2. The predicted molar refractivity (Wildman–Crippen MR) is 138 cm³/mol. The summed E-state index contributed by atoms with van der Waals surface area (Å²) in [6.07, 6.45) is 7.18. The number of nitrogens with one attached hydrogen (secondary N) is 2.